The number of hydrogen-bond donors (Lipinski definition) is 1. The highest BCUT2D eigenvalue weighted by molar-refractivity contribution is 5.51. The first-order valence-electron chi connectivity index (χ1n) is 6.99. The number of hydrogen-bond acceptors (Lipinski definition) is 4. The molecule has 4 heteroatoms. The van der Waals surface area contributed by atoms with Gasteiger partial charge in [-0.15, -0.1) is 6.58 Å². The predicted octanol–water partition coefficient (Wildman–Crippen LogP) is 3.26. The maximum absolute atomic E-state index is 5.87. The molecule has 0 fully saturated rings. The Morgan fingerprint density at radius 3 is 2.70 bits per heavy atom. The molecule has 1 heterocycles. The van der Waals surface area contributed by atoms with E-state index in [1.165, 1.54) is 0 Å². The van der Waals surface area contributed by atoms with Gasteiger partial charge in [-0.3, -0.25) is 0 Å². The summed E-state index contributed by atoms with van der Waals surface area (Å²) in [6.07, 6.45) is 0.853. The van der Waals surface area contributed by atoms with Crippen LogP contribution in [0.25, 0.3) is 0 Å². The van der Waals surface area contributed by atoms with E-state index in [1.54, 1.807) is 0 Å². The molecule has 1 aromatic carbocycles. The molecule has 0 atom stereocenters. The molecule has 1 aliphatic rings. The number of nitrogens with one attached hydrogen (secondary N) is 1. The van der Waals surface area contributed by atoms with Crippen molar-refractivity contribution in [1.82, 2.24) is 5.32 Å². The molecule has 0 saturated carbocycles. The fourth-order valence-corrected chi connectivity index (χ4v) is 1.89. The van der Waals surface area contributed by atoms with Crippen molar-refractivity contribution in [3.05, 3.63) is 29.8 Å². The van der Waals surface area contributed by atoms with E-state index < -0.39 is 0 Å². The minimum absolute atomic E-state index is 0.279. The first-order valence-corrected chi connectivity index (χ1v) is 6.99. The number of fused-ring (bicyclic) bond motifs is 1. The summed E-state index contributed by atoms with van der Waals surface area (Å²) in [6, 6.07) is 4.33. The first kappa shape index (κ1) is 14.7. The summed E-state index contributed by atoms with van der Waals surface area (Å²) in [5.41, 5.74) is 2.21. The molecule has 20 heavy (non-hydrogen) atoms. The van der Waals surface area contributed by atoms with Crippen LogP contribution in [-0.4, -0.2) is 19.4 Å². The van der Waals surface area contributed by atoms with Gasteiger partial charge in [-0.1, -0.05) is 19.4 Å². The summed E-state index contributed by atoms with van der Waals surface area (Å²) in [5, 5.41) is 3.40. The van der Waals surface area contributed by atoms with Gasteiger partial charge in [0, 0.05) is 30.6 Å². The molecule has 1 aromatic rings. The summed E-state index contributed by atoms with van der Waals surface area (Å²) in [7, 11) is 0. The van der Waals surface area contributed by atoms with E-state index in [4.69, 9.17) is 14.2 Å². The lowest BCUT2D eigenvalue weighted by molar-refractivity contribution is 0.173. The number of ether oxygens (including phenoxy) is 3. The molecule has 110 valence electrons. The third-order valence-electron chi connectivity index (χ3n) is 3.04. The fourth-order valence-electron chi connectivity index (χ4n) is 1.89. The van der Waals surface area contributed by atoms with Crippen LogP contribution in [0.1, 0.15) is 32.8 Å². The second kappa shape index (κ2) is 6.66. The van der Waals surface area contributed by atoms with Crippen LogP contribution in [0.15, 0.2) is 24.3 Å². The molecule has 0 amide bonds. The van der Waals surface area contributed by atoms with Gasteiger partial charge < -0.3 is 19.5 Å². The molecular weight excluding hydrogens is 254 g/mol. The summed E-state index contributed by atoms with van der Waals surface area (Å²) in [6.45, 7) is 11.8. The standard InChI is InChI=1S/C16H23NO3/c1-11(2)5-6-18-14-8-16-15(19-10-20-16)7-13(14)9-17-12(3)4/h7-8,12,17H,1,5-6,9-10H2,2-4H3. The highest BCUT2D eigenvalue weighted by atomic mass is 16.7. The molecule has 1 aliphatic heterocycles. The van der Waals surface area contributed by atoms with Crippen molar-refractivity contribution in [1.29, 1.82) is 0 Å². The van der Waals surface area contributed by atoms with Gasteiger partial charge in [0.25, 0.3) is 0 Å². The second-order valence-electron chi connectivity index (χ2n) is 5.40. The third kappa shape index (κ3) is 3.90. The van der Waals surface area contributed by atoms with Crippen LogP contribution in [0.3, 0.4) is 0 Å². The van der Waals surface area contributed by atoms with E-state index >= 15 is 0 Å². The molecule has 0 bridgehead atoms. The zero-order valence-electron chi connectivity index (χ0n) is 12.5. The minimum Gasteiger partial charge on any atom is -0.493 e. The molecular formula is C16H23NO3. The Morgan fingerprint density at radius 2 is 2.05 bits per heavy atom. The van der Waals surface area contributed by atoms with Crippen LogP contribution < -0.4 is 19.5 Å². The molecule has 0 aliphatic carbocycles. The van der Waals surface area contributed by atoms with Crippen molar-refractivity contribution in [3.8, 4) is 17.2 Å². The topological polar surface area (TPSA) is 39.7 Å². The van der Waals surface area contributed by atoms with E-state index in [0.717, 1.165) is 41.4 Å². The van der Waals surface area contributed by atoms with E-state index in [0.29, 0.717) is 12.6 Å². The Hall–Kier alpha value is -1.68. The predicted molar refractivity (Wildman–Crippen MR) is 79.5 cm³/mol. The normalized spacial score (nSPS) is 12.8. The van der Waals surface area contributed by atoms with Crippen molar-refractivity contribution in [2.24, 2.45) is 0 Å². The van der Waals surface area contributed by atoms with Gasteiger partial charge >= 0.3 is 0 Å². The lowest BCUT2D eigenvalue weighted by atomic mass is 10.1. The Bertz CT molecular complexity index is 483. The Labute approximate surface area is 120 Å². The lowest BCUT2D eigenvalue weighted by Crippen LogP contribution is -2.22. The van der Waals surface area contributed by atoms with E-state index in [2.05, 4.69) is 25.7 Å². The van der Waals surface area contributed by atoms with Crippen LogP contribution in [0.2, 0.25) is 0 Å². The van der Waals surface area contributed by atoms with Gasteiger partial charge in [-0.2, -0.15) is 0 Å². The largest absolute Gasteiger partial charge is 0.493 e. The first-order chi connectivity index (χ1) is 9.56. The Balaban J connectivity index is 2.11. The molecule has 0 saturated heterocycles. The third-order valence-corrected chi connectivity index (χ3v) is 3.04. The van der Waals surface area contributed by atoms with Gasteiger partial charge in [-0.05, 0) is 13.0 Å². The smallest absolute Gasteiger partial charge is 0.231 e. The van der Waals surface area contributed by atoms with Crippen LogP contribution in [0.4, 0.5) is 0 Å². The van der Waals surface area contributed by atoms with Crippen molar-refractivity contribution in [3.63, 3.8) is 0 Å². The monoisotopic (exact) mass is 277 g/mol. The molecule has 1 N–H and O–H groups in total. The number of benzene rings is 1. The average Bonchev–Trinajstić information content (AvgIpc) is 2.82. The van der Waals surface area contributed by atoms with Crippen LogP contribution in [-0.2, 0) is 6.54 Å². The highest BCUT2D eigenvalue weighted by Crippen LogP contribution is 2.38. The molecule has 0 aromatic heterocycles. The fraction of sp³-hybridized carbons (Fsp3) is 0.500. The van der Waals surface area contributed by atoms with Gasteiger partial charge in [0.05, 0.1) is 6.61 Å². The Morgan fingerprint density at radius 1 is 1.35 bits per heavy atom. The van der Waals surface area contributed by atoms with E-state index in [9.17, 15) is 0 Å². The molecule has 2 rings (SSSR count). The van der Waals surface area contributed by atoms with E-state index in [-0.39, 0.29) is 6.79 Å². The van der Waals surface area contributed by atoms with Gasteiger partial charge in [0.2, 0.25) is 6.79 Å². The second-order valence-corrected chi connectivity index (χ2v) is 5.40. The van der Waals surface area contributed by atoms with Crippen LogP contribution >= 0.6 is 0 Å². The lowest BCUT2D eigenvalue weighted by Gasteiger charge is -2.14. The molecule has 0 unspecified atom stereocenters. The van der Waals surface area contributed by atoms with Crippen molar-refractivity contribution >= 4 is 0 Å². The zero-order chi connectivity index (χ0) is 14.5. The van der Waals surface area contributed by atoms with Crippen LogP contribution in [0.5, 0.6) is 17.2 Å². The molecule has 0 radical (unpaired) electrons. The highest BCUT2D eigenvalue weighted by Gasteiger charge is 2.18. The maximum Gasteiger partial charge on any atom is 0.231 e. The van der Waals surface area contributed by atoms with Gasteiger partial charge in [0.15, 0.2) is 11.5 Å². The van der Waals surface area contributed by atoms with Crippen LogP contribution in [0, 0.1) is 0 Å². The summed E-state index contributed by atoms with van der Waals surface area (Å²) < 4.78 is 16.7. The van der Waals surface area contributed by atoms with Crippen molar-refractivity contribution < 1.29 is 14.2 Å². The Kier molecular flexibility index (Phi) is 4.90. The molecule has 0 spiro atoms. The minimum atomic E-state index is 0.279. The summed E-state index contributed by atoms with van der Waals surface area (Å²) >= 11 is 0. The van der Waals surface area contributed by atoms with E-state index in [1.807, 2.05) is 19.1 Å². The zero-order valence-corrected chi connectivity index (χ0v) is 12.5. The number of rotatable bonds is 7. The van der Waals surface area contributed by atoms with Gasteiger partial charge in [-0.25, -0.2) is 0 Å². The van der Waals surface area contributed by atoms with Gasteiger partial charge in [0.1, 0.15) is 5.75 Å². The maximum atomic E-state index is 5.87. The SMILES string of the molecule is C=C(C)CCOc1cc2c(cc1CNC(C)C)OCO2. The average molecular weight is 277 g/mol. The quantitative estimate of drug-likeness (QED) is 0.777. The van der Waals surface area contributed by atoms with Crippen molar-refractivity contribution in [2.75, 3.05) is 13.4 Å². The summed E-state index contributed by atoms with van der Waals surface area (Å²) in [4.78, 5) is 0. The van der Waals surface area contributed by atoms with Crippen molar-refractivity contribution in [2.45, 2.75) is 39.8 Å². The summed E-state index contributed by atoms with van der Waals surface area (Å²) in [5.74, 6) is 2.39. The molecule has 4 nitrogen and oxygen atoms in total.